The molecule has 0 amide bonds. The van der Waals surface area contributed by atoms with E-state index in [9.17, 15) is 0 Å². The van der Waals surface area contributed by atoms with Crippen LogP contribution >= 0.6 is 11.3 Å². The summed E-state index contributed by atoms with van der Waals surface area (Å²) in [5, 5.41) is 7.89. The standard InChI is InChI=1S/C16H29N5S/c1-12-13(2)22-15(20-12)11-19-16(17-3)18-8-5-14-6-9-21(4)10-7-14/h14H,5-11H2,1-4H3,(H2,17,18,19). The molecule has 0 aromatic carbocycles. The van der Waals surface area contributed by atoms with Gasteiger partial charge in [0, 0.05) is 18.5 Å². The fourth-order valence-corrected chi connectivity index (χ4v) is 3.61. The van der Waals surface area contributed by atoms with Gasteiger partial charge in [0.2, 0.25) is 0 Å². The molecule has 1 saturated heterocycles. The molecule has 5 nitrogen and oxygen atoms in total. The molecule has 0 aliphatic carbocycles. The Bertz CT molecular complexity index is 469. The third-order valence-corrected chi connectivity index (χ3v) is 5.46. The van der Waals surface area contributed by atoms with Crippen LogP contribution in [-0.4, -0.2) is 49.6 Å². The third kappa shape index (κ3) is 5.25. The second-order valence-corrected chi connectivity index (χ2v) is 7.42. The number of thiazole rings is 1. The maximum Gasteiger partial charge on any atom is 0.191 e. The van der Waals surface area contributed by atoms with Gasteiger partial charge in [0.15, 0.2) is 5.96 Å². The van der Waals surface area contributed by atoms with E-state index in [0.717, 1.165) is 35.7 Å². The Labute approximate surface area is 138 Å². The minimum Gasteiger partial charge on any atom is -0.356 e. The van der Waals surface area contributed by atoms with Crippen molar-refractivity contribution in [1.82, 2.24) is 20.5 Å². The second kappa shape index (κ2) is 8.48. The number of nitrogens with zero attached hydrogens (tertiary/aromatic N) is 3. The van der Waals surface area contributed by atoms with Crippen LogP contribution in [0.3, 0.4) is 0 Å². The molecule has 0 saturated carbocycles. The Morgan fingerprint density at radius 3 is 2.64 bits per heavy atom. The van der Waals surface area contributed by atoms with E-state index in [4.69, 9.17) is 0 Å². The normalized spacial score (nSPS) is 17.7. The zero-order valence-electron chi connectivity index (χ0n) is 14.3. The molecule has 1 aliphatic rings. The van der Waals surface area contributed by atoms with Crippen molar-refractivity contribution in [2.75, 3.05) is 33.7 Å². The molecule has 2 rings (SSSR count). The molecule has 0 bridgehead atoms. The zero-order chi connectivity index (χ0) is 15.9. The van der Waals surface area contributed by atoms with Crippen molar-refractivity contribution in [3.63, 3.8) is 0 Å². The van der Waals surface area contributed by atoms with Crippen molar-refractivity contribution >= 4 is 17.3 Å². The number of hydrogen-bond acceptors (Lipinski definition) is 4. The van der Waals surface area contributed by atoms with E-state index in [1.807, 2.05) is 7.05 Å². The summed E-state index contributed by atoms with van der Waals surface area (Å²) < 4.78 is 0. The van der Waals surface area contributed by atoms with E-state index in [2.05, 4.69) is 46.4 Å². The van der Waals surface area contributed by atoms with Crippen LogP contribution in [-0.2, 0) is 6.54 Å². The molecule has 124 valence electrons. The molecular formula is C16H29N5S. The quantitative estimate of drug-likeness (QED) is 0.644. The van der Waals surface area contributed by atoms with E-state index in [1.165, 1.54) is 37.2 Å². The first-order valence-corrected chi connectivity index (χ1v) is 8.96. The van der Waals surface area contributed by atoms with Crippen LogP contribution < -0.4 is 10.6 Å². The predicted octanol–water partition coefficient (Wildman–Crippen LogP) is 2.16. The van der Waals surface area contributed by atoms with E-state index < -0.39 is 0 Å². The highest BCUT2D eigenvalue weighted by atomic mass is 32.1. The fraction of sp³-hybridized carbons (Fsp3) is 0.750. The number of guanidine groups is 1. The van der Waals surface area contributed by atoms with Crippen molar-refractivity contribution in [2.24, 2.45) is 10.9 Å². The van der Waals surface area contributed by atoms with Gasteiger partial charge in [-0.1, -0.05) is 0 Å². The van der Waals surface area contributed by atoms with E-state index in [0.29, 0.717) is 0 Å². The van der Waals surface area contributed by atoms with Crippen molar-refractivity contribution < 1.29 is 0 Å². The predicted molar refractivity (Wildman–Crippen MR) is 94.6 cm³/mol. The van der Waals surface area contributed by atoms with Crippen LogP contribution in [0.1, 0.15) is 34.8 Å². The van der Waals surface area contributed by atoms with E-state index >= 15 is 0 Å². The fourth-order valence-electron chi connectivity index (χ4n) is 2.74. The summed E-state index contributed by atoms with van der Waals surface area (Å²) in [7, 11) is 4.03. The van der Waals surface area contributed by atoms with Crippen molar-refractivity contribution in [1.29, 1.82) is 0 Å². The van der Waals surface area contributed by atoms with Crippen LogP contribution in [0.25, 0.3) is 0 Å². The number of aliphatic imine (C=N–C) groups is 1. The molecular weight excluding hydrogens is 294 g/mol. The largest absolute Gasteiger partial charge is 0.356 e. The number of rotatable bonds is 5. The molecule has 0 radical (unpaired) electrons. The molecule has 6 heteroatoms. The summed E-state index contributed by atoms with van der Waals surface area (Å²) in [6.07, 6.45) is 3.87. The lowest BCUT2D eigenvalue weighted by Crippen LogP contribution is -2.38. The highest BCUT2D eigenvalue weighted by molar-refractivity contribution is 7.11. The van der Waals surface area contributed by atoms with E-state index in [-0.39, 0.29) is 0 Å². The number of hydrogen-bond donors (Lipinski definition) is 2. The molecule has 1 aromatic rings. The zero-order valence-corrected chi connectivity index (χ0v) is 15.1. The lowest BCUT2D eigenvalue weighted by molar-refractivity contribution is 0.213. The van der Waals surface area contributed by atoms with Gasteiger partial charge < -0.3 is 15.5 Å². The Kier molecular flexibility index (Phi) is 6.64. The average molecular weight is 324 g/mol. The maximum absolute atomic E-state index is 4.55. The maximum atomic E-state index is 4.55. The smallest absolute Gasteiger partial charge is 0.191 e. The molecule has 1 aromatic heterocycles. The van der Waals surface area contributed by atoms with Gasteiger partial charge in [0.1, 0.15) is 5.01 Å². The highest BCUT2D eigenvalue weighted by Crippen LogP contribution is 2.18. The first-order chi connectivity index (χ1) is 10.6. The van der Waals surface area contributed by atoms with Gasteiger partial charge in [-0.3, -0.25) is 4.99 Å². The van der Waals surface area contributed by atoms with Crippen molar-refractivity contribution in [3.05, 3.63) is 15.6 Å². The third-order valence-electron chi connectivity index (χ3n) is 4.39. The highest BCUT2D eigenvalue weighted by Gasteiger charge is 2.16. The number of aromatic nitrogens is 1. The van der Waals surface area contributed by atoms with Crippen LogP contribution in [0, 0.1) is 19.8 Å². The van der Waals surface area contributed by atoms with Gasteiger partial charge >= 0.3 is 0 Å². The topological polar surface area (TPSA) is 52.6 Å². The molecule has 2 heterocycles. The first-order valence-electron chi connectivity index (χ1n) is 8.14. The molecule has 0 atom stereocenters. The Balaban J connectivity index is 1.67. The number of piperidine rings is 1. The average Bonchev–Trinajstić information content (AvgIpc) is 2.83. The number of likely N-dealkylation sites (tertiary alicyclic amines) is 1. The summed E-state index contributed by atoms with van der Waals surface area (Å²) in [5.41, 5.74) is 1.13. The Morgan fingerprint density at radius 2 is 2.05 bits per heavy atom. The van der Waals surface area contributed by atoms with Crippen molar-refractivity contribution in [3.8, 4) is 0 Å². The minimum absolute atomic E-state index is 0.743. The lowest BCUT2D eigenvalue weighted by Gasteiger charge is -2.29. The van der Waals surface area contributed by atoms with Crippen LogP contribution in [0.2, 0.25) is 0 Å². The summed E-state index contributed by atoms with van der Waals surface area (Å²) in [6, 6.07) is 0. The summed E-state index contributed by atoms with van der Waals surface area (Å²) in [4.78, 5) is 12.5. The monoisotopic (exact) mass is 323 g/mol. The molecule has 1 aliphatic heterocycles. The van der Waals surface area contributed by atoms with Gasteiger partial charge in [-0.15, -0.1) is 11.3 Å². The Hall–Kier alpha value is -1.14. The molecule has 0 spiro atoms. The Morgan fingerprint density at radius 1 is 1.32 bits per heavy atom. The first kappa shape index (κ1) is 17.2. The SMILES string of the molecule is CN=C(NCCC1CCN(C)CC1)NCc1nc(C)c(C)s1. The van der Waals surface area contributed by atoms with Gasteiger partial charge in [-0.25, -0.2) is 4.98 Å². The minimum atomic E-state index is 0.743. The van der Waals surface area contributed by atoms with Gasteiger partial charge in [0.05, 0.1) is 12.2 Å². The van der Waals surface area contributed by atoms with Gasteiger partial charge in [-0.05, 0) is 59.2 Å². The number of aryl methyl sites for hydroxylation is 2. The lowest BCUT2D eigenvalue weighted by atomic mass is 9.94. The molecule has 22 heavy (non-hydrogen) atoms. The molecule has 1 fully saturated rings. The van der Waals surface area contributed by atoms with Gasteiger partial charge in [0.25, 0.3) is 0 Å². The van der Waals surface area contributed by atoms with Crippen molar-refractivity contribution in [2.45, 2.75) is 39.7 Å². The number of nitrogens with one attached hydrogen (secondary N) is 2. The van der Waals surface area contributed by atoms with Crippen LogP contribution in [0.15, 0.2) is 4.99 Å². The van der Waals surface area contributed by atoms with Gasteiger partial charge in [-0.2, -0.15) is 0 Å². The van der Waals surface area contributed by atoms with Crippen LogP contribution in [0.5, 0.6) is 0 Å². The van der Waals surface area contributed by atoms with E-state index in [1.54, 1.807) is 11.3 Å². The molecule has 0 unspecified atom stereocenters. The van der Waals surface area contributed by atoms with Crippen LogP contribution in [0.4, 0.5) is 0 Å². The molecule has 2 N–H and O–H groups in total. The summed E-state index contributed by atoms with van der Waals surface area (Å²) >= 11 is 1.75. The summed E-state index contributed by atoms with van der Waals surface area (Å²) in [6.45, 7) is 8.38. The summed E-state index contributed by atoms with van der Waals surface area (Å²) in [5.74, 6) is 1.73. The second-order valence-electron chi connectivity index (χ2n) is 6.14.